The number of benzene rings is 1. The summed E-state index contributed by atoms with van der Waals surface area (Å²) in [5.74, 6) is 0.962. The minimum absolute atomic E-state index is 0.0312. The first-order valence-corrected chi connectivity index (χ1v) is 8.75. The molecule has 128 valence electrons. The first-order chi connectivity index (χ1) is 11.7. The highest BCUT2D eigenvalue weighted by molar-refractivity contribution is 5.82. The second-order valence-electron chi connectivity index (χ2n) is 6.42. The van der Waals surface area contributed by atoms with Crippen LogP contribution in [0.2, 0.25) is 0 Å². The van der Waals surface area contributed by atoms with Crippen LogP contribution in [0.15, 0.2) is 30.3 Å². The zero-order valence-electron chi connectivity index (χ0n) is 14.2. The Morgan fingerprint density at radius 2 is 2.25 bits per heavy atom. The lowest BCUT2D eigenvalue weighted by Gasteiger charge is -2.35. The number of hydrogen-bond acceptors (Lipinski definition) is 4. The van der Waals surface area contributed by atoms with Gasteiger partial charge in [0.25, 0.3) is 0 Å². The van der Waals surface area contributed by atoms with Crippen molar-refractivity contribution < 1.29 is 9.90 Å². The number of pyridine rings is 1. The lowest BCUT2D eigenvalue weighted by Crippen LogP contribution is -2.48. The molecule has 1 aliphatic heterocycles. The molecule has 0 bridgehead atoms. The Hall–Kier alpha value is -2.14. The van der Waals surface area contributed by atoms with Gasteiger partial charge >= 0.3 is 0 Å². The molecule has 1 amide bonds. The van der Waals surface area contributed by atoms with Gasteiger partial charge in [-0.15, -0.1) is 0 Å². The van der Waals surface area contributed by atoms with Crippen LogP contribution in [0.4, 0.5) is 5.82 Å². The third kappa shape index (κ3) is 3.67. The SMILES string of the molecule is CCCC(=O)N[C@@H]1CCCN(c2nc3ccccc3cc2CO)C1. The molecule has 0 unspecified atom stereocenters. The van der Waals surface area contributed by atoms with Crippen molar-refractivity contribution in [2.24, 2.45) is 0 Å². The molecule has 1 atom stereocenters. The number of aliphatic hydroxyl groups is 1. The molecule has 1 aliphatic rings. The van der Waals surface area contributed by atoms with E-state index in [0.29, 0.717) is 6.42 Å². The molecule has 1 aromatic heterocycles. The molecule has 0 saturated carbocycles. The molecule has 0 spiro atoms. The van der Waals surface area contributed by atoms with Crippen molar-refractivity contribution in [1.82, 2.24) is 10.3 Å². The molecule has 3 rings (SSSR count). The summed E-state index contributed by atoms with van der Waals surface area (Å²) in [6, 6.07) is 10.1. The van der Waals surface area contributed by atoms with E-state index in [4.69, 9.17) is 4.98 Å². The van der Waals surface area contributed by atoms with Gasteiger partial charge < -0.3 is 15.3 Å². The predicted octanol–water partition coefficient (Wildman–Crippen LogP) is 2.61. The molecule has 5 nitrogen and oxygen atoms in total. The molecule has 0 radical (unpaired) electrons. The van der Waals surface area contributed by atoms with Gasteiger partial charge in [0.2, 0.25) is 5.91 Å². The Morgan fingerprint density at radius 1 is 1.42 bits per heavy atom. The number of rotatable bonds is 5. The highest BCUT2D eigenvalue weighted by Gasteiger charge is 2.24. The minimum atomic E-state index is -0.0312. The number of aliphatic hydroxyl groups excluding tert-OH is 1. The normalized spacial score (nSPS) is 17.9. The number of hydrogen-bond donors (Lipinski definition) is 2. The monoisotopic (exact) mass is 327 g/mol. The van der Waals surface area contributed by atoms with Gasteiger partial charge in [0, 0.05) is 36.5 Å². The maximum absolute atomic E-state index is 11.9. The lowest BCUT2D eigenvalue weighted by molar-refractivity contribution is -0.121. The quantitative estimate of drug-likeness (QED) is 0.886. The molecule has 2 aromatic rings. The third-order valence-corrected chi connectivity index (χ3v) is 4.51. The van der Waals surface area contributed by atoms with Crippen LogP contribution in [0.25, 0.3) is 10.9 Å². The molecular weight excluding hydrogens is 302 g/mol. The largest absolute Gasteiger partial charge is 0.392 e. The number of piperidine rings is 1. The van der Waals surface area contributed by atoms with Gasteiger partial charge in [0.15, 0.2) is 0 Å². The maximum Gasteiger partial charge on any atom is 0.220 e. The molecular formula is C19H25N3O2. The van der Waals surface area contributed by atoms with Gasteiger partial charge in [0.05, 0.1) is 12.1 Å². The van der Waals surface area contributed by atoms with Crippen molar-refractivity contribution in [3.05, 3.63) is 35.9 Å². The number of para-hydroxylation sites is 1. The van der Waals surface area contributed by atoms with Crippen LogP contribution >= 0.6 is 0 Å². The summed E-state index contributed by atoms with van der Waals surface area (Å²) in [6.45, 7) is 3.63. The van der Waals surface area contributed by atoms with E-state index in [2.05, 4.69) is 10.2 Å². The standard InChI is InChI=1S/C19H25N3O2/c1-2-6-18(24)20-16-8-5-10-22(12-16)19-15(13-23)11-14-7-3-4-9-17(14)21-19/h3-4,7,9,11,16,23H,2,5-6,8,10,12-13H2,1H3,(H,20,24)/t16-/m1/s1. The van der Waals surface area contributed by atoms with Crippen molar-refractivity contribution in [1.29, 1.82) is 0 Å². The molecule has 1 saturated heterocycles. The molecule has 5 heteroatoms. The predicted molar refractivity (Wildman–Crippen MR) is 96.0 cm³/mol. The van der Waals surface area contributed by atoms with Crippen LogP contribution in [0.3, 0.4) is 0 Å². The van der Waals surface area contributed by atoms with Crippen molar-refractivity contribution in [2.45, 2.75) is 45.3 Å². The van der Waals surface area contributed by atoms with E-state index in [-0.39, 0.29) is 18.6 Å². The highest BCUT2D eigenvalue weighted by Crippen LogP contribution is 2.26. The summed E-state index contributed by atoms with van der Waals surface area (Å²) in [4.78, 5) is 18.8. The van der Waals surface area contributed by atoms with Crippen LogP contribution in [0.5, 0.6) is 0 Å². The molecule has 24 heavy (non-hydrogen) atoms. The fraction of sp³-hybridized carbons (Fsp3) is 0.474. The van der Waals surface area contributed by atoms with E-state index in [0.717, 1.165) is 54.6 Å². The lowest BCUT2D eigenvalue weighted by atomic mass is 10.0. The Morgan fingerprint density at radius 3 is 3.04 bits per heavy atom. The number of aromatic nitrogens is 1. The zero-order chi connectivity index (χ0) is 16.9. The number of anilines is 1. The van der Waals surface area contributed by atoms with Crippen molar-refractivity contribution >= 4 is 22.6 Å². The van der Waals surface area contributed by atoms with Gasteiger partial charge in [-0.2, -0.15) is 0 Å². The number of fused-ring (bicyclic) bond motifs is 1. The van der Waals surface area contributed by atoms with Gasteiger partial charge in [-0.25, -0.2) is 4.98 Å². The summed E-state index contributed by atoms with van der Waals surface area (Å²) < 4.78 is 0. The topological polar surface area (TPSA) is 65.5 Å². The summed E-state index contributed by atoms with van der Waals surface area (Å²) in [5, 5.41) is 13.9. The van der Waals surface area contributed by atoms with Crippen molar-refractivity contribution in [2.75, 3.05) is 18.0 Å². The number of nitrogens with one attached hydrogen (secondary N) is 1. The van der Waals surface area contributed by atoms with Crippen LogP contribution in [0, 0.1) is 0 Å². The van der Waals surface area contributed by atoms with Gasteiger partial charge in [-0.3, -0.25) is 4.79 Å². The number of carbonyl (C=O) groups is 1. The summed E-state index contributed by atoms with van der Waals surface area (Å²) >= 11 is 0. The maximum atomic E-state index is 11.9. The molecule has 1 aromatic carbocycles. The molecule has 2 N–H and O–H groups in total. The number of carbonyl (C=O) groups excluding carboxylic acids is 1. The Bertz CT molecular complexity index is 717. The number of amides is 1. The van der Waals surface area contributed by atoms with Crippen LogP contribution in [0.1, 0.15) is 38.2 Å². The van der Waals surface area contributed by atoms with Crippen LogP contribution in [-0.4, -0.2) is 35.1 Å². The first-order valence-electron chi connectivity index (χ1n) is 8.75. The Labute approximate surface area is 142 Å². The Balaban J connectivity index is 1.82. The van der Waals surface area contributed by atoms with E-state index < -0.39 is 0 Å². The smallest absolute Gasteiger partial charge is 0.220 e. The summed E-state index contributed by atoms with van der Waals surface area (Å²) in [7, 11) is 0. The summed E-state index contributed by atoms with van der Waals surface area (Å²) in [5.41, 5.74) is 1.77. The van der Waals surface area contributed by atoms with E-state index >= 15 is 0 Å². The number of nitrogens with zero attached hydrogens (tertiary/aromatic N) is 2. The van der Waals surface area contributed by atoms with Crippen molar-refractivity contribution in [3.8, 4) is 0 Å². The minimum Gasteiger partial charge on any atom is -0.392 e. The van der Waals surface area contributed by atoms with Gasteiger partial charge in [-0.1, -0.05) is 25.1 Å². The van der Waals surface area contributed by atoms with E-state index in [1.165, 1.54) is 0 Å². The van der Waals surface area contributed by atoms with E-state index in [9.17, 15) is 9.90 Å². The zero-order valence-corrected chi connectivity index (χ0v) is 14.2. The average molecular weight is 327 g/mol. The molecule has 2 heterocycles. The fourth-order valence-corrected chi connectivity index (χ4v) is 3.35. The molecule has 0 aliphatic carbocycles. The van der Waals surface area contributed by atoms with Gasteiger partial charge in [0.1, 0.15) is 5.82 Å². The van der Waals surface area contributed by atoms with Gasteiger partial charge in [-0.05, 0) is 31.4 Å². The van der Waals surface area contributed by atoms with E-state index in [1.54, 1.807) is 0 Å². The third-order valence-electron chi connectivity index (χ3n) is 4.51. The van der Waals surface area contributed by atoms with Crippen molar-refractivity contribution in [3.63, 3.8) is 0 Å². The molecule has 1 fully saturated rings. The van der Waals surface area contributed by atoms with Crippen LogP contribution in [-0.2, 0) is 11.4 Å². The second-order valence-corrected chi connectivity index (χ2v) is 6.42. The fourth-order valence-electron chi connectivity index (χ4n) is 3.35. The Kier molecular flexibility index (Phi) is 5.30. The van der Waals surface area contributed by atoms with Crippen LogP contribution < -0.4 is 10.2 Å². The summed E-state index contributed by atoms with van der Waals surface area (Å²) in [6.07, 6.45) is 3.44. The first kappa shape index (κ1) is 16.7. The highest BCUT2D eigenvalue weighted by atomic mass is 16.3. The van der Waals surface area contributed by atoms with E-state index in [1.807, 2.05) is 37.3 Å². The average Bonchev–Trinajstić information content (AvgIpc) is 2.61. The second kappa shape index (κ2) is 7.62.